The first-order chi connectivity index (χ1) is 26.4. The van der Waals surface area contributed by atoms with Gasteiger partial charge in [-0.05, 0) is 152 Å². The summed E-state index contributed by atoms with van der Waals surface area (Å²) in [5, 5.41) is -1.11. The zero-order valence-electron chi connectivity index (χ0n) is 35.3. The molecule has 0 heterocycles. The average Bonchev–Trinajstić information content (AvgIpc) is 3.07. The van der Waals surface area contributed by atoms with Gasteiger partial charge in [-0.15, -0.1) is 23.5 Å². The largest absolute Gasteiger partial charge is 0.465 e. The molecule has 2 atom stereocenters. The number of benzene rings is 4. The third-order valence-electron chi connectivity index (χ3n) is 10.1. The normalized spacial score (nSPS) is 12.3. The van der Waals surface area contributed by atoms with E-state index >= 15 is 0 Å². The van der Waals surface area contributed by atoms with E-state index in [2.05, 4.69) is 24.3 Å². The van der Waals surface area contributed by atoms with Crippen LogP contribution in [-0.4, -0.2) is 48.2 Å². The quantitative estimate of drug-likeness (QED) is 0.0593. The number of carbonyl (C=O) groups is 4. The summed E-state index contributed by atoms with van der Waals surface area (Å²) in [4.78, 5) is 54.3. The highest BCUT2D eigenvalue weighted by Crippen LogP contribution is 2.40. The van der Waals surface area contributed by atoms with Crippen molar-refractivity contribution in [2.24, 2.45) is 0 Å². The van der Waals surface area contributed by atoms with Crippen LogP contribution in [0, 0.1) is 83.1 Å². The second kappa shape index (κ2) is 19.8. The molecule has 4 aromatic rings. The van der Waals surface area contributed by atoms with E-state index < -0.39 is 22.4 Å². The Bertz CT molecular complexity index is 1890. The Morgan fingerprint density at radius 2 is 0.679 bits per heavy atom. The van der Waals surface area contributed by atoms with E-state index in [9.17, 15) is 19.2 Å². The molecule has 0 aliphatic rings. The van der Waals surface area contributed by atoms with E-state index in [1.807, 2.05) is 107 Å². The molecular weight excluding hydrogens is 737 g/mol. The standard InChI is InChI=1S/C48H58O6S2/c1-27-17-31(5)41(32(6)18-27)45(51)47(43-35(9)21-29(3)22-36(43)10)55-25-39(49)53-15-13-14-16-54-40(50)26-56-48(44-37(11)23-30(4)24-38(44)12)46(52)42-33(7)19-28(2)20-34(42)8/h17-24,47-48H,13-16,25-26H2,1-12H3. The molecule has 0 aliphatic carbocycles. The molecule has 0 bridgehead atoms. The van der Waals surface area contributed by atoms with Crippen molar-refractivity contribution < 1.29 is 28.7 Å². The summed E-state index contributed by atoms with van der Waals surface area (Å²) < 4.78 is 11.1. The smallest absolute Gasteiger partial charge is 0.315 e. The fourth-order valence-corrected chi connectivity index (χ4v) is 10.5. The minimum Gasteiger partial charge on any atom is -0.465 e. The van der Waals surface area contributed by atoms with Gasteiger partial charge in [-0.3, -0.25) is 19.2 Å². The van der Waals surface area contributed by atoms with E-state index in [-0.39, 0.29) is 36.3 Å². The molecule has 0 amide bonds. The molecule has 0 saturated carbocycles. The maximum absolute atomic E-state index is 14.2. The van der Waals surface area contributed by atoms with Crippen molar-refractivity contribution in [3.05, 3.63) is 138 Å². The lowest BCUT2D eigenvalue weighted by molar-refractivity contribution is -0.142. The fourth-order valence-electron chi connectivity index (χ4n) is 8.15. The fraction of sp³-hybridized carbons (Fsp3) is 0.417. The maximum atomic E-state index is 14.2. The Kier molecular flexibility index (Phi) is 15.8. The van der Waals surface area contributed by atoms with E-state index in [1.165, 1.54) is 23.5 Å². The number of carbonyl (C=O) groups excluding carboxylic acids is 4. The number of Topliss-reactive ketones (excluding diaryl/α,β-unsaturated/α-hetero) is 2. The molecule has 2 unspecified atom stereocenters. The van der Waals surface area contributed by atoms with Crippen molar-refractivity contribution in [2.75, 3.05) is 24.7 Å². The highest BCUT2D eigenvalue weighted by Gasteiger charge is 2.31. The number of hydrogen-bond donors (Lipinski definition) is 0. The van der Waals surface area contributed by atoms with E-state index in [0.717, 1.165) is 77.9 Å². The Hall–Kier alpha value is -4.14. The van der Waals surface area contributed by atoms with E-state index in [4.69, 9.17) is 9.47 Å². The van der Waals surface area contributed by atoms with Crippen molar-refractivity contribution in [3.63, 3.8) is 0 Å². The Morgan fingerprint density at radius 3 is 0.946 bits per heavy atom. The molecule has 0 fully saturated rings. The molecule has 0 radical (unpaired) electrons. The second-order valence-corrected chi connectivity index (χ2v) is 17.6. The van der Waals surface area contributed by atoms with Gasteiger partial charge in [-0.25, -0.2) is 0 Å². The molecular formula is C48H58O6S2. The van der Waals surface area contributed by atoms with Crippen LogP contribution in [0.4, 0.5) is 0 Å². The number of thioether (sulfide) groups is 2. The molecule has 0 aromatic heterocycles. The lowest BCUT2D eigenvalue weighted by Gasteiger charge is -2.23. The lowest BCUT2D eigenvalue weighted by atomic mass is 9.89. The monoisotopic (exact) mass is 794 g/mol. The molecule has 56 heavy (non-hydrogen) atoms. The topological polar surface area (TPSA) is 86.7 Å². The van der Waals surface area contributed by atoms with Crippen LogP contribution < -0.4 is 0 Å². The summed E-state index contributed by atoms with van der Waals surface area (Å²) in [6.45, 7) is 24.4. The summed E-state index contributed by atoms with van der Waals surface area (Å²) >= 11 is 2.61. The van der Waals surface area contributed by atoms with Crippen LogP contribution in [0.2, 0.25) is 0 Å². The summed E-state index contributed by atoms with van der Waals surface area (Å²) in [6, 6.07) is 16.4. The van der Waals surface area contributed by atoms with E-state index in [0.29, 0.717) is 24.0 Å². The molecule has 4 rings (SSSR count). The van der Waals surface area contributed by atoms with Gasteiger partial charge in [-0.1, -0.05) is 70.8 Å². The number of rotatable bonds is 17. The second-order valence-electron chi connectivity index (χ2n) is 15.4. The third kappa shape index (κ3) is 11.3. The summed E-state index contributed by atoms with van der Waals surface area (Å²) in [7, 11) is 0. The van der Waals surface area contributed by atoms with Crippen LogP contribution in [0.1, 0.15) is 122 Å². The van der Waals surface area contributed by atoms with Gasteiger partial charge < -0.3 is 9.47 Å². The maximum Gasteiger partial charge on any atom is 0.315 e. The number of esters is 2. The minimum atomic E-state index is -0.556. The molecule has 0 N–H and O–H groups in total. The Morgan fingerprint density at radius 1 is 0.429 bits per heavy atom. The Labute approximate surface area is 342 Å². The summed E-state index contributed by atoms with van der Waals surface area (Å²) in [6.07, 6.45) is 1.04. The van der Waals surface area contributed by atoms with Gasteiger partial charge in [-0.2, -0.15) is 0 Å². The van der Waals surface area contributed by atoms with Crippen LogP contribution in [0.25, 0.3) is 0 Å². The number of ketones is 2. The predicted molar refractivity (Wildman–Crippen MR) is 233 cm³/mol. The number of aryl methyl sites for hydroxylation is 12. The Balaban J connectivity index is 1.32. The summed E-state index contributed by atoms with van der Waals surface area (Å²) in [5.41, 5.74) is 15.6. The SMILES string of the molecule is Cc1cc(C)c(C(=O)C(SCC(=O)OCCCCOC(=O)CSC(C(=O)c2c(C)cc(C)cc2C)c2c(C)cc(C)cc2C)c2c(C)cc(C)cc2C)c(C)c1. The van der Waals surface area contributed by atoms with Crippen LogP contribution in [0.5, 0.6) is 0 Å². The molecule has 4 aromatic carbocycles. The van der Waals surface area contributed by atoms with Crippen LogP contribution in [-0.2, 0) is 19.1 Å². The van der Waals surface area contributed by atoms with Gasteiger partial charge in [0, 0.05) is 11.1 Å². The number of ether oxygens (including phenoxy) is 2. The lowest BCUT2D eigenvalue weighted by Crippen LogP contribution is -2.19. The van der Waals surface area contributed by atoms with Gasteiger partial charge in [0.15, 0.2) is 11.6 Å². The zero-order chi connectivity index (χ0) is 41.4. The van der Waals surface area contributed by atoms with Crippen molar-refractivity contribution in [1.82, 2.24) is 0 Å². The third-order valence-corrected chi connectivity index (χ3v) is 12.5. The van der Waals surface area contributed by atoms with Crippen molar-refractivity contribution in [1.29, 1.82) is 0 Å². The zero-order valence-corrected chi connectivity index (χ0v) is 36.9. The van der Waals surface area contributed by atoms with Crippen molar-refractivity contribution >= 4 is 47.0 Å². The molecule has 0 spiro atoms. The van der Waals surface area contributed by atoms with Crippen LogP contribution in [0.3, 0.4) is 0 Å². The summed E-state index contributed by atoms with van der Waals surface area (Å²) in [5.74, 6) is -0.738. The van der Waals surface area contributed by atoms with Gasteiger partial charge in [0.1, 0.15) is 0 Å². The molecule has 6 nitrogen and oxygen atoms in total. The van der Waals surface area contributed by atoms with Crippen LogP contribution >= 0.6 is 23.5 Å². The molecule has 298 valence electrons. The molecule has 0 aliphatic heterocycles. The first-order valence-electron chi connectivity index (χ1n) is 19.3. The number of hydrogen-bond acceptors (Lipinski definition) is 8. The molecule has 8 heteroatoms. The highest BCUT2D eigenvalue weighted by atomic mass is 32.2. The van der Waals surface area contributed by atoms with Gasteiger partial charge >= 0.3 is 11.9 Å². The van der Waals surface area contributed by atoms with Crippen molar-refractivity contribution in [3.8, 4) is 0 Å². The van der Waals surface area contributed by atoms with Gasteiger partial charge in [0.25, 0.3) is 0 Å². The van der Waals surface area contributed by atoms with E-state index in [1.54, 1.807) is 0 Å². The van der Waals surface area contributed by atoms with Crippen molar-refractivity contribution in [2.45, 2.75) is 106 Å². The first-order valence-corrected chi connectivity index (χ1v) is 21.4. The minimum absolute atomic E-state index is 0.00645. The average molecular weight is 795 g/mol. The first kappa shape index (κ1) is 44.6. The van der Waals surface area contributed by atoms with Gasteiger partial charge in [0.05, 0.1) is 35.2 Å². The predicted octanol–water partition coefficient (Wildman–Crippen LogP) is 11.3. The number of unbranched alkanes of at least 4 members (excludes halogenated alkanes) is 1. The highest BCUT2D eigenvalue weighted by molar-refractivity contribution is 8.01. The van der Waals surface area contributed by atoms with Crippen LogP contribution in [0.15, 0.2) is 48.5 Å². The van der Waals surface area contributed by atoms with Gasteiger partial charge in [0.2, 0.25) is 0 Å². The molecule has 0 saturated heterocycles.